The summed E-state index contributed by atoms with van der Waals surface area (Å²) in [4.78, 5) is 8.53. The molecule has 1 heterocycles. The molecule has 1 aromatic heterocycles. The van der Waals surface area contributed by atoms with E-state index in [-0.39, 0.29) is 5.75 Å². The van der Waals surface area contributed by atoms with E-state index in [0.29, 0.717) is 16.2 Å². The van der Waals surface area contributed by atoms with E-state index in [1.807, 2.05) is 30.3 Å². The maximum Gasteiger partial charge on any atom is 0.387 e. The fourth-order valence-electron chi connectivity index (χ4n) is 1.79. The highest BCUT2D eigenvalue weighted by Crippen LogP contribution is 2.28. The van der Waals surface area contributed by atoms with Gasteiger partial charge in [-0.15, -0.1) is 0 Å². The summed E-state index contributed by atoms with van der Waals surface area (Å²) in [7, 11) is 0. The van der Waals surface area contributed by atoms with Crippen LogP contribution in [0, 0.1) is 0 Å². The van der Waals surface area contributed by atoms with Crippen molar-refractivity contribution in [2.45, 2.75) is 16.7 Å². The van der Waals surface area contributed by atoms with Crippen LogP contribution in [0.2, 0.25) is 0 Å². The Bertz CT molecular complexity index is 716. The highest BCUT2D eigenvalue weighted by Gasteiger charge is 2.08. The largest absolute Gasteiger partial charge is 0.435 e. The standard InChI is InChI=1S/C14H10F2N2OS/c15-13(16)19-9-6-7-11-12(8-9)18-14(17-11)20-10-4-2-1-3-5-10/h1-8,13H,(H,17,18). The number of benzene rings is 2. The summed E-state index contributed by atoms with van der Waals surface area (Å²) in [5.74, 6) is 0.118. The minimum atomic E-state index is -2.83. The number of nitrogens with one attached hydrogen (secondary N) is 1. The third-order valence-corrected chi connectivity index (χ3v) is 3.51. The van der Waals surface area contributed by atoms with Gasteiger partial charge in [-0.05, 0) is 24.3 Å². The molecule has 0 saturated heterocycles. The lowest BCUT2D eigenvalue weighted by molar-refractivity contribution is -0.0497. The average molecular weight is 292 g/mol. The Kier molecular flexibility index (Phi) is 3.56. The van der Waals surface area contributed by atoms with Gasteiger partial charge in [0.1, 0.15) is 5.75 Å². The van der Waals surface area contributed by atoms with E-state index in [4.69, 9.17) is 0 Å². The summed E-state index contributed by atoms with van der Waals surface area (Å²) < 4.78 is 28.7. The monoisotopic (exact) mass is 292 g/mol. The van der Waals surface area contributed by atoms with E-state index in [9.17, 15) is 8.78 Å². The molecular formula is C14H10F2N2OS. The first kappa shape index (κ1) is 12.9. The second-order valence-electron chi connectivity index (χ2n) is 4.01. The van der Waals surface area contributed by atoms with E-state index in [1.165, 1.54) is 23.9 Å². The highest BCUT2D eigenvalue weighted by molar-refractivity contribution is 7.99. The fraction of sp³-hybridized carbons (Fsp3) is 0.0714. The second-order valence-corrected chi connectivity index (χ2v) is 5.08. The Morgan fingerprint density at radius 3 is 2.65 bits per heavy atom. The van der Waals surface area contributed by atoms with Crippen molar-refractivity contribution in [3.63, 3.8) is 0 Å². The molecule has 0 unspecified atom stereocenters. The van der Waals surface area contributed by atoms with Crippen molar-refractivity contribution in [2.75, 3.05) is 0 Å². The SMILES string of the molecule is FC(F)Oc1ccc2nc(Sc3ccccc3)[nH]c2c1. The van der Waals surface area contributed by atoms with Gasteiger partial charge in [-0.25, -0.2) is 4.98 Å². The van der Waals surface area contributed by atoms with Crippen LogP contribution in [0.25, 0.3) is 11.0 Å². The third-order valence-electron chi connectivity index (χ3n) is 2.61. The van der Waals surface area contributed by atoms with E-state index >= 15 is 0 Å². The van der Waals surface area contributed by atoms with Crippen LogP contribution in [0.3, 0.4) is 0 Å². The number of nitrogens with zero attached hydrogens (tertiary/aromatic N) is 1. The summed E-state index contributed by atoms with van der Waals surface area (Å²) in [6.45, 7) is -2.83. The maximum absolute atomic E-state index is 12.2. The Labute approximate surface area is 118 Å². The Balaban J connectivity index is 1.87. The molecule has 0 saturated carbocycles. The topological polar surface area (TPSA) is 37.9 Å². The molecule has 102 valence electrons. The van der Waals surface area contributed by atoms with Gasteiger partial charge in [0.15, 0.2) is 5.16 Å². The summed E-state index contributed by atoms with van der Waals surface area (Å²) in [6.07, 6.45) is 0. The molecule has 1 N–H and O–H groups in total. The minimum absolute atomic E-state index is 0.118. The molecule has 0 radical (unpaired) electrons. The van der Waals surface area contributed by atoms with Crippen LogP contribution in [0.4, 0.5) is 8.78 Å². The smallest absolute Gasteiger partial charge is 0.387 e. The molecule has 0 fully saturated rings. The summed E-state index contributed by atoms with van der Waals surface area (Å²) in [5.41, 5.74) is 1.38. The van der Waals surface area contributed by atoms with Crippen LogP contribution < -0.4 is 4.74 Å². The van der Waals surface area contributed by atoms with Crippen LogP contribution in [0.5, 0.6) is 5.75 Å². The van der Waals surface area contributed by atoms with Crippen LogP contribution in [-0.2, 0) is 0 Å². The van der Waals surface area contributed by atoms with Crippen LogP contribution in [-0.4, -0.2) is 16.6 Å². The van der Waals surface area contributed by atoms with Crippen molar-refractivity contribution in [3.05, 3.63) is 48.5 Å². The number of aromatic amines is 1. The number of hydrogen-bond donors (Lipinski definition) is 1. The average Bonchev–Trinajstić information content (AvgIpc) is 2.80. The van der Waals surface area contributed by atoms with Gasteiger partial charge < -0.3 is 9.72 Å². The van der Waals surface area contributed by atoms with Crippen molar-refractivity contribution >= 4 is 22.8 Å². The van der Waals surface area contributed by atoms with Gasteiger partial charge in [-0.3, -0.25) is 0 Å². The van der Waals surface area contributed by atoms with Crippen molar-refractivity contribution < 1.29 is 13.5 Å². The van der Waals surface area contributed by atoms with Gasteiger partial charge in [0.25, 0.3) is 0 Å². The number of aromatic nitrogens is 2. The molecule has 0 spiro atoms. The van der Waals surface area contributed by atoms with Crippen molar-refractivity contribution in [1.29, 1.82) is 0 Å². The Morgan fingerprint density at radius 2 is 1.90 bits per heavy atom. The molecule has 3 nitrogen and oxygen atoms in total. The van der Waals surface area contributed by atoms with E-state index in [0.717, 1.165) is 4.90 Å². The zero-order valence-corrected chi connectivity index (χ0v) is 11.0. The van der Waals surface area contributed by atoms with E-state index in [2.05, 4.69) is 14.7 Å². The summed E-state index contributed by atoms with van der Waals surface area (Å²) >= 11 is 1.48. The molecule has 0 aliphatic carbocycles. The third kappa shape index (κ3) is 2.91. The summed E-state index contributed by atoms with van der Waals surface area (Å²) in [6, 6.07) is 14.4. The predicted octanol–water partition coefficient (Wildman–Crippen LogP) is 4.32. The molecule has 3 rings (SSSR count). The molecule has 0 atom stereocenters. The van der Waals surface area contributed by atoms with Gasteiger partial charge in [0.2, 0.25) is 0 Å². The number of ether oxygens (including phenoxy) is 1. The maximum atomic E-state index is 12.2. The van der Waals surface area contributed by atoms with Crippen molar-refractivity contribution in [2.24, 2.45) is 0 Å². The predicted molar refractivity (Wildman–Crippen MR) is 73.3 cm³/mol. The van der Waals surface area contributed by atoms with Gasteiger partial charge in [-0.1, -0.05) is 30.0 Å². The number of hydrogen-bond acceptors (Lipinski definition) is 3. The normalized spacial score (nSPS) is 11.2. The zero-order valence-electron chi connectivity index (χ0n) is 10.2. The minimum Gasteiger partial charge on any atom is -0.435 e. The first-order valence-corrected chi connectivity index (χ1v) is 6.70. The molecule has 2 aromatic carbocycles. The number of H-pyrrole nitrogens is 1. The quantitative estimate of drug-likeness (QED) is 0.778. The first-order chi connectivity index (χ1) is 9.70. The van der Waals surface area contributed by atoms with Gasteiger partial charge in [0.05, 0.1) is 11.0 Å². The number of fused-ring (bicyclic) bond motifs is 1. The Morgan fingerprint density at radius 1 is 1.10 bits per heavy atom. The number of halogens is 2. The molecule has 0 bridgehead atoms. The number of imidazole rings is 1. The lowest BCUT2D eigenvalue weighted by Crippen LogP contribution is -2.01. The lowest BCUT2D eigenvalue weighted by atomic mass is 10.3. The van der Waals surface area contributed by atoms with Gasteiger partial charge in [-0.2, -0.15) is 8.78 Å². The van der Waals surface area contributed by atoms with Crippen LogP contribution in [0.15, 0.2) is 58.6 Å². The fourth-order valence-corrected chi connectivity index (χ4v) is 2.61. The lowest BCUT2D eigenvalue weighted by Gasteiger charge is -2.02. The number of alkyl halides is 2. The Hall–Kier alpha value is -2.08. The first-order valence-electron chi connectivity index (χ1n) is 5.88. The van der Waals surface area contributed by atoms with Gasteiger partial charge in [0, 0.05) is 11.0 Å². The second kappa shape index (κ2) is 5.50. The molecular weight excluding hydrogens is 282 g/mol. The summed E-state index contributed by atoms with van der Waals surface area (Å²) in [5, 5.41) is 0.709. The molecule has 0 amide bonds. The van der Waals surface area contributed by atoms with E-state index in [1.54, 1.807) is 6.07 Å². The zero-order chi connectivity index (χ0) is 13.9. The molecule has 20 heavy (non-hydrogen) atoms. The van der Waals surface area contributed by atoms with Crippen LogP contribution in [0.1, 0.15) is 0 Å². The van der Waals surface area contributed by atoms with E-state index < -0.39 is 6.61 Å². The molecule has 0 aliphatic rings. The van der Waals surface area contributed by atoms with Crippen molar-refractivity contribution in [1.82, 2.24) is 9.97 Å². The van der Waals surface area contributed by atoms with Crippen LogP contribution >= 0.6 is 11.8 Å². The number of rotatable bonds is 4. The molecule has 0 aliphatic heterocycles. The molecule has 6 heteroatoms. The highest BCUT2D eigenvalue weighted by atomic mass is 32.2. The van der Waals surface area contributed by atoms with Crippen molar-refractivity contribution in [3.8, 4) is 5.75 Å². The van der Waals surface area contributed by atoms with Gasteiger partial charge >= 0.3 is 6.61 Å². The molecule has 3 aromatic rings.